The van der Waals surface area contributed by atoms with Crippen LogP contribution in [0.5, 0.6) is 11.5 Å². The fourth-order valence-electron chi connectivity index (χ4n) is 2.40. The Balaban J connectivity index is 1.80. The number of pyridine rings is 1. The van der Waals surface area contributed by atoms with Crippen molar-refractivity contribution in [2.24, 2.45) is 5.10 Å². The van der Waals surface area contributed by atoms with Crippen molar-refractivity contribution in [3.63, 3.8) is 0 Å². The van der Waals surface area contributed by atoms with E-state index in [0.717, 1.165) is 22.2 Å². The molecule has 1 N–H and O–H groups in total. The average molecular weight is 370 g/mol. The number of hydrogen-bond acceptors (Lipinski definition) is 6. The van der Waals surface area contributed by atoms with Gasteiger partial charge < -0.3 is 9.47 Å². The van der Waals surface area contributed by atoms with Crippen LogP contribution in [0.3, 0.4) is 0 Å². The van der Waals surface area contributed by atoms with Gasteiger partial charge in [0.25, 0.3) is 0 Å². The number of anilines is 1. The van der Waals surface area contributed by atoms with Crippen molar-refractivity contribution in [1.82, 2.24) is 4.98 Å². The molecule has 3 aromatic rings. The summed E-state index contributed by atoms with van der Waals surface area (Å²) >= 11 is 6.00. The second-order valence-corrected chi connectivity index (χ2v) is 5.83. The predicted octanol–water partition coefficient (Wildman–Crippen LogP) is 4.27. The molecule has 2 aromatic carbocycles. The van der Waals surface area contributed by atoms with E-state index in [2.05, 4.69) is 15.5 Å². The molecule has 132 valence electrons. The third-order valence-electron chi connectivity index (χ3n) is 3.54. The number of carbonyl (C=O) groups is 1. The van der Waals surface area contributed by atoms with Crippen LogP contribution >= 0.6 is 11.6 Å². The number of hydrogen-bond donors (Lipinski definition) is 1. The summed E-state index contributed by atoms with van der Waals surface area (Å²) in [5, 5.41) is 5.80. The van der Waals surface area contributed by atoms with E-state index in [-0.39, 0.29) is 0 Å². The maximum atomic E-state index is 11.1. The monoisotopic (exact) mass is 369 g/mol. The summed E-state index contributed by atoms with van der Waals surface area (Å²) in [6.45, 7) is 1.34. The molecule has 7 heteroatoms. The molecule has 0 saturated carbocycles. The highest BCUT2D eigenvalue weighted by Crippen LogP contribution is 2.28. The molecule has 0 aliphatic heterocycles. The summed E-state index contributed by atoms with van der Waals surface area (Å²) < 4.78 is 10.3. The van der Waals surface area contributed by atoms with Crippen molar-refractivity contribution in [3.8, 4) is 11.5 Å². The number of nitrogens with one attached hydrogen (secondary N) is 1. The van der Waals surface area contributed by atoms with Gasteiger partial charge in [-0.3, -0.25) is 15.2 Å². The molecule has 0 spiro atoms. The molecule has 0 bridgehead atoms. The van der Waals surface area contributed by atoms with E-state index in [4.69, 9.17) is 21.1 Å². The molecule has 0 unspecified atom stereocenters. The number of carbonyl (C=O) groups excluding carboxylic acids is 1. The van der Waals surface area contributed by atoms with Crippen LogP contribution < -0.4 is 14.9 Å². The molecule has 0 radical (unpaired) electrons. The maximum Gasteiger partial charge on any atom is 0.308 e. The van der Waals surface area contributed by atoms with Crippen molar-refractivity contribution >= 4 is 40.4 Å². The van der Waals surface area contributed by atoms with Crippen LogP contribution in [0, 0.1) is 0 Å². The van der Waals surface area contributed by atoms with Crippen LogP contribution in [-0.2, 0) is 4.79 Å². The number of esters is 1. The first-order valence-corrected chi connectivity index (χ1v) is 8.14. The summed E-state index contributed by atoms with van der Waals surface area (Å²) in [5.74, 6) is 0.409. The summed E-state index contributed by atoms with van der Waals surface area (Å²) in [4.78, 5) is 15.4. The van der Waals surface area contributed by atoms with Gasteiger partial charge in [-0.2, -0.15) is 5.10 Å². The maximum absolute atomic E-state index is 11.1. The van der Waals surface area contributed by atoms with Crippen molar-refractivity contribution < 1.29 is 14.3 Å². The van der Waals surface area contributed by atoms with E-state index < -0.39 is 5.97 Å². The van der Waals surface area contributed by atoms with Crippen LogP contribution in [0.4, 0.5) is 5.69 Å². The Bertz CT molecular complexity index is 989. The number of hydrazone groups is 1. The Morgan fingerprint density at radius 2 is 2.04 bits per heavy atom. The van der Waals surface area contributed by atoms with Crippen molar-refractivity contribution in [3.05, 3.63) is 59.2 Å². The second-order valence-electron chi connectivity index (χ2n) is 5.39. The van der Waals surface area contributed by atoms with Gasteiger partial charge in [0.15, 0.2) is 11.5 Å². The van der Waals surface area contributed by atoms with Crippen LogP contribution in [0.15, 0.2) is 53.8 Å². The standard InChI is InChI=1S/C19H16ClN3O3/c1-12(24)26-18-6-3-13(9-19(18)25-2)11-22-23-16-7-8-21-17-10-14(20)4-5-15(16)17/h3-11H,1-2H3,(H,21,23)/b22-11-. The fraction of sp³-hybridized carbons (Fsp3) is 0.105. The summed E-state index contributed by atoms with van der Waals surface area (Å²) in [5.41, 5.74) is 5.38. The zero-order valence-electron chi connectivity index (χ0n) is 14.2. The summed E-state index contributed by atoms with van der Waals surface area (Å²) in [7, 11) is 1.51. The number of methoxy groups -OCH3 is 1. The van der Waals surface area contributed by atoms with Crippen LogP contribution in [0.25, 0.3) is 10.9 Å². The molecule has 0 aliphatic rings. The molecule has 0 saturated heterocycles. The lowest BCUT2D eigenvalue weighted by Crippen LogP contribution is -2.03. The Labute approximate surface area is 155 Å². The van der Waals surface area contributed by atoms with Gasteiger partial charge in [0.1, 0.15) is 0 Å². The smallest absolute Gasteiger partial charge is 0.308 e. The van der Waals surface area contributed by atoms with Crippen LogP contribution in [0.1, 0.15) is 12.5 Å². The zero-order chi connectivity index (χ0) is 18.5. The highest BCUT2D eigenvalue weighted by Gasteiger charge is 2.07. The van der Waals surface area contributed by atoms with E-state index >= 15 is 0 Å². The van der Waals surface area contributed by atoms with Gasteiger partial charge in [-0.25, -0.2) is 0 Å². The molecule has 6 nitrogen and oxygen atoms in total. The van der Waals surface area contributed by atoms with Gasteiger partial charge >= 0.3 is 5.97 Å². The lowest BCUT2D eigenvalue weighted by atomic mass is 10.2. The normalized spacial score (nSPS) is 10.9. The molecule has 0 amide bonds. The summed E-state index contributed by atoms with van der Waals surface area (Å²) in [6.07, 6.45) is 3.33. The molecule has 0 fully saturated rings. The first kappa shape index (κ1) is 17.7. The van der Waals surface area contributed by atoms with Gasteiger partial charge in [0.2, 0.25) is 0 Å². The lowest BCUT2D eigenvalue weighted by molar-refractivity contribution is -0.132. The number of fused-ring (bicyclic) bond motifs is 1. The molecule has 26 heavy (non-hydrogen) atoms. The predicted molar refractivity (Wildman–Crippen MR) is 102 cm³/mol. The Morgan fingerprint density at radius 1 is 1.19 bits per heavy atom. The minimum atomic E-state index is -0.406. The first-order valence-electron chi connectivity index (χ1n) is 7.76. The Kier molecular flexibility index (Phi) is 5.34. The first-order chi connectivity index (χ1) is 12.6. The summed E-state index contributed by atoms with van der Waals surface area (Å²) in [6, 6.07) is 12.5. The largest absolute Gasteiger partial charge is 0.493 e. The van der Waals surface area contributed by atoms with Gasteiger partial charge in [0, 0.05) is 23.5 Å². The number of ether oxygens (including phenoxy) is 2. The van der Waals surface area contributed by atoms with Gasteiger partial charge in [-0.05, 0) is 48.0 Å². The second kappa shape index (κ2) is 7.84. The Morgan fingerprint density at radius 3 is 2.81 bits per heavy atom. The van der Waals surface area contributed by atoms with E-state index in [1.165, 1.54) is 14.0 Å². The third-order valence-corrected chi connectivity index (χ3v) is 3.78. The lowest BCUT2D eigenvalue weighted by Gasteiger charge is -2.08. The van der Waals surface area contributed by atoms with Crippen molar-refractivity contribution in [1.29, 1.82) is 0 Å². The minimum absolute atomic E-state index is 0.363. The Hall–Kier alpha value is -3.12. The van der Waals surface area contributed by atoms with Gasteiger partial charge in [-0.1, -0.05) is 11.6 Å². The van der Waals surface area contributed by atoms with Crippen molar-refractivity contribution in [2.45, 2.75) is 6.92 Å². The number of nitrogens with zero attached hydrogens (tertiary/aromatic N) is 2. The molecule has 1 heterocycles. The highest BCUT2D eigenvalue weighted by atomic mass is 35.5. The van der Waals surface area contributed by atoms with E-state index in [1.807, 2.05) is 12.1 Å². The average Bonchev–Trinajstić information content (AvgIpc) is 2.62. The molecule has 1 aromatic heterocycles. The SMILES string of the molecule is COc1cc(/C=N\Nc2ccnc3cc(Cl)ccc23)ccc1OC(C)=O. The molecule has 3 rings (SSSR count). The molecule has 0 aliphatic carbocycles. The molecule has 0 atom stereocenters. The van der Waals surface area contributed by atoms with Gasteiger partial charge in [-0.15, -0.1) is 0 Å². The van der Waals surface area contributed by atoms with Crippen LogP contribution in [-0.4, -0.2) is 24.3 Å². The van der Waals surface area contributed by atoms with E-state index in [1.54, 1.807) is 42.7 Å². The molecular weight excluding hydrogens is 354 g/mol. The fourth-order valence-corrected chi connectivity index (χ4v) is 2.57. The number of benzene rings is 2. The molecular formula is C19H16ClN3O3. The van der Waals surface area contributed by atoms with Gasteiger partial charge in [0.05, 0.1) is 24.5 Å². The topological polar surface area (TPSA) is 72.8 Å². The zero-order valence-corrected chi connectivity index (χ0v) is 14.9. The minimum Gasteiger partial charge on any atom is -0.493 e. The van der Waals surface area contributed by atoms with Crippen LogP contribution in [0.2, 0.25) is 5.02 Å². The highest BCUT2D eigenvalue weighted by molar-refractivity contribution is 6.31. The quantitative estimate of drug-likeness (QED) is 0.315. The number of aromatic nitrogens is 1. The van der Waals surface area contributed by atoms with E-state index in [9.17, 15) is 4.79 Å². The number of halogens is 1. The third kappa shape index (κ3) is 4.10. The van der Waals surface area contributed by atoms with Crippen molar-refractivity contribution in [2.75, 3.05) is 12.5 Å². The number of rotatable bonds is 5. The van der Waals surface area contributed by atoms with E-state index in [0.29, 0.717) is 16.5 Å².